The van der Waals surface area contributed by atoms with Crippen molar-refractivity contribution in [3.63, 3.8) is 0 Å². The Morgan fingerprint density at radius 1 is 1.09 bits per heavy atom. The minimum Gasteiger partial charge on any atom is -0.508 e. The van der Waals surface area contributed by atoms with Crippen LogP contribution in [0.4, 0.5) is 0 Å². The first-order valence-corrected chi connectivity index (χ1v) is 8.34. The van der Waals surface area contributed by atoms with Crippen LogP contribution in [-0.4, -0.2) is 41.2 Å². The van der Waals surface area contributed by atoms with Gasteiger partial charge in [0.2, 0.25) is 0 Å². The summed E-state index contributed by atoms with van der Waals surface area (Å²) in [7, 11) is 0. The lowest BCUT2D eigenvalue weighted by molar-refractivity contribution is 0.154. The molecule has 1 N–H and O–H groups in total. The van der Waals surface area contributed by atoms with Crippen LogP contribution in [0.1, 0.15) is 18.5 Å². The normalized spacial score (nSPS) is 16.3. The molecule has 23 heavy (non-hydrogen) atoms. The van der Waals surface area contributed by atoms with E-state index in [4.69, 9.17) is 4.74 Å². The highest BCUT2D eigenvalue weighted by Crippen LogP contribution is 2.21. The third kappa shape index (κ3) is 4.96. The number of benzene rings is 1. The van der Waals surface area contributed by atoms with Gasteiger partial charge < -0.3 is 9.84 Å². The van der Waals surface area contributed by atoms with Gasteiger partial charge in [-0.3, -0.25) is 9.88 Å². The van der Waals surface area contributed by atoms with Crippen molar-refractivity contribution in [2.45, 2.75) is 19.3 Å². The molecule has 0 radical (unpaired) electrons. The second kappa shape index (κ2) is 7.97. The molecule has 0 amide bonds. The molecule has 0 saturated carbocycles. The Hall–Kier alpha value is -2.07. The van der Waals surface area contributed by atoms with E-state index >= 15 is 0 Å². The standard InChI is InChI=1S/C19H24N2O2/c22-18-4-6-19(7-5-18)23-14-13-21-11-8-16(9-12-21)15-17-3-1-2-10-20-17/h1-7,10,16,22H,8-9,11-15H2. The fraction of sp³-hybridized carbons (Fsp3) is 0.421. The topological polar surface area (TPSA) is 45.6 Å². The van der Waals surface area contributed by atoms with Crippen LogP contribution in [0.25, 0.3) is 0 Å². The third-order valence-corrected chi connectivity index (χ3v) is 4.44. The predicted molar refractivity (Wildman–Crippen MR) is 90.7 cm³/mol. The molecule has 2 aromatic rings. The number of aromatic nitrogens is 1. The maximum absolute atomic E-state index is 9.25. The highest BCUT2D eigenvalue weighted by atomic mass is 16.5. The Bertz CT molecular complexity index is 578. The lowest BCUT2D eigenvalue weighted by atomic mass is 9.92. The van der Waals surface area contributed by atoms with Crippen LogP contribution in [0.3, 0.4) is 0 Å². The van der Waals surface area contributed by atoms with E-state index in [1.54, 1.807) is 24.3 Å². The molecule has 0 atom stereocenters. The van der Waals surface area contributed by atoms with E-state index in [1.165, 1.54) is 18.5 Å². The highest BCUT2D eigenvalue weighted by molar-refractivity contribution is 5.30. The molecule has 2 heterocycles. The predicted octanol–water partition coefficient (Wildman–Crippen LogP) is 3.12. The number of aromatic hydroxyl groups is 1. The zero-order valence-electron chi connectivity index (χ0n) is 13.4. The van der Waals surface area contributed by atoms with E-state index in [0.29, 0.717) is 6.61 Å². The molecule has 1 aliphatic heterocycles. The van der Waals surface area contributed by atoms with Crippen LogP contribution >= 0.6 is 0 Å². The molecule has 1 aromatic heterocycles. The van der Waals surface area contributed by atoms with Crippen LogP contribution in [0.15, 0.2) is 48.7 Å². The van der Waals surface area contributed by atoms with Gasteiger partial charge in [-0.1, -0.05) is 6.07 Å². The van der Waals surface area contributed by atoms with Crippen molar-refractivity contribution in [2.75, 3.05) is 26.2 Å². The van der Waals surface area contributed by atoms with Crippen molar-refractivity contribution in [3.8, 4) is 11.5 Å². The van der Waals surface area contributed by atoms with Gasteiger partial charge in [0, 0.05) is 18.4 Å². The summed E-state index contributed by atoms with van der Waals surface area (Å²) in [4.78, 5) is 6.90. The number of likely N-dealkylation sites (tertiary alicyclic amines) is 1. The molecule has 3 rings (SSSR count). The molecule has 0 aliphatic carbocycles. The number of piperidine rings is 1. The Labute approximate surface area is 137 Å². The maximum atomic E-state index is 9.25. The number of nitrogens with zero attached hydrogens (tertiary/aromatic N) is 2. The number of phenols is 1. The summed E-state index contributed by atoms with van der Waals surface area (Å²) in [6, 6.07) is 13.1. The van der Waals surface area contributed by atoms with Crippen LogP contribution in [0.2, 0.25) is 0 Å². The number of hydrogen-bond donors (Lipinski definition) is 1. The number of pyridine rings is 1. The zero-order valence-corrected chi connectivity index (χ0v) is 13.4. The average molecular weight is 312 g/mol. The van der Waals surface area contributed by atoms with Crippen molar-refractivity contribution < 1.29 is 9.84 Å². The van der Waals surface area contributed by atoms with Crippen LogP contribution < -0.4 is 4.74 Å². The Morgan fingerprint density at radius 3 is 2.57 bits per heavy atom. The van der Waals surface area contributed by atoms with E-state index in [-0.39, 0.29) is 5.75 Å². The van der Waals surface area contributed by atoms with E-state index in [0.717, 1.165) is 37.7 Å². The SMILES string of the molecule is Oc1ccc(OCCN2CCC(Cc3ccccn3)CC2)cc1. The van der Waals surface area contributed by atoms with E-state index < -0.39 is 0 Å². The number of phenolic OH excluding ortho intramolecular Hbond substituents is 1. The van der Waals surface area contributed by atoms with E-state index in [1.807, 2.05) is 12.3 Å². The first kappa shape index (κ1) is 15.8. The van der Waals surface area contributed by atoms with E-state index in [9.17, 15) is 5.11 Å². The van der Waals surface area contributed by atoms with Gasteiger partial charge in [-0.2, -0.15) is 0 Å². The van der Waals surface area contributed by atoms with Gasteiger partial charge in [-0.25, -0.2) is 0 Å². The number of hydrogen-bond acceptors (Lipinski definition) is 4. The van der Waals surface area contributed by atoms with Gasteiger partial charge >= 0.3 is 0 Å². The molecule has 0 spiro atoms. The monoisotopic (exact) mass is 312 g/mol. The van der Waals surface area contributed by atoms with Crippen molar-refractivity contribution in [1.82, 2.24) is 9.88 Å². The van der Waals surface area contributed by atoms with Gasteiger partial charge in [0.1, 0.15) is 18.1 Å². The maximum Gasteiger partial charge on any atom is 0.119 e. The fourth-order valence-corrected chi connectivity index (χ4v) is 3.06. The molecule has 1 aromatic carbocycles. The summed E-state index contributed by atoms with van der Waals surface area (Å²) in [5, 5.41) is 9.25. The molecular formula is C19H24N2O2. The summed E-state index contributed by atoms with van der Waals surface area (Å²) >= 11 is 0. The molecular weight excluding hydrogens is 288 g/mol. The van der Waals surface area contributed by atoms with Gasteiger partial charge in [0.05, 0.1) is 0 Å². The van der Waals surface area contributed by atoms with Crippen LogP contribution in [-0.2, 0) is 6.42 Å². The summed E-state index contributed by atoms with van der Waals surface area (Å²) in [5.41, 5.74) is 1.21. The fourth-order valence-electron chi connectivity index (χ4n) is 3.06. The van der Waals surface area contributed by atoms with Gasteiger partial charge in [0.15, 0.2) is 0 Å². The van der Waals surface area contributed by atoms with Crippen molar-refractivity contribution in [3.05, 3.63) is 54.4 Å². The Morgan fingerprint density at radius 2 is 1.87 bits per heavy atom. The third-order valence-electron chi connectivity index (χ3n) is 4.44. The summed E-state index contributed by atoms with van der Waals surface area (Å²) in [5.74, 6) is 1.83. The van der Waals surface area contributed by atoms with Gasteiger partial charge in [-0.05, 0) is 74.7 Å². The second-order valence-corrected chi connectivity index (χ2v) is 6.15. The first-order chi connectivity index (χ1) is 11.3. The summed E-state index contributed by atoms with van der Waals surface area (Å²) in [6.07, 6.45) is 5.44. The average Bonchev–Trinajstić information content (AvgIpc) is 2.59. The molecule has 4 heteroatoms. The molecule has 1 aliphatic rings. The van der Waals surface area contributed by atoms with E-state index in [2.05, 4.69) is 22.0 Å². The number of ether oxygens (including phenoxy) is 1. The second-order valence-electron chi connectivity index (χ2n) is 6.15. The van der Waals surface area contributed by atoms with Crippen molar-refractivity contribution in [2.24, 2.45) is 5.92 Å². The highest BCUT2D eigenvalue weighted by Gasteiger charge is 2.19. The molecule has 4 nitrogen and oxygen atoms in total. The molecule has 0 unspecified atom stereocenters. The quantitative estimate of drug-likeness (QED) is 0.890. The largest absolute Gasteiger partial charge is 0.508 e. The first-order valence-electron chi connectivity index (χ1n) is 8.34. The lowest BCUT2D eigenvalue weighted by Crippen LogP contribution is -2.37. The zero-order chi connectivity index (χ0) is 15.9. The Balaban J connectivity index is 1.35. The minimum atomic E-state index is 0.271. The molecule has 122 valence electrons. The van der Waals surface area contributed by atoms with Crippen LogP contribution in [0, 0.1) is 5.92 Å². The lowest BCUT2D eigenvalue weighted by Gasteiger charge is -2.31. The van der Waals surface area contributed by atoms with Gasteiger partial charge in [-0.15, -0.1) is 0 Å². The molecule has 0 bridgehead atoms. The Kier molecular flexibility index (Phi) is 5.48. The smallest absolute Gasteiger partial charge is 0.119 e. The minimum absolute atomic E-state index is 0.271. The van der Waals surface area contributed by atoms with Crippen molar-refractivity contribution in [1.29, 1.82) is 0 Å². The number of rotatable bonds is 6. The van der Waals surface area contributed by atoms with Crippen LogP contribution in [0.5, 0.6) is 11.5 Å². The molecule has 1 saturated heterocycles. The summed E-state index contributed by atoms with van der Waals surface area (Å²) < 4.78 is 5.72. The summed E-state index contributed by atoms with van der Waals surface area (Å²) in [6.45, 7) is 3.92. The molecule has 1 fully saturated rings. The van der Waals surface area contributed by atoms with Gasteiger partial charge in [0.25, 0.3) is 0 Å². The van der Waals surface area contributed by atoms with Crippen molar-refractivity contribution >= 4 is 0 Å².